The highest BCUT2D eigenvalue weighted by Gasteiger charge is 2.35. The number of aryl methyl sites for hydroxylation is 1. The first kappa shape index (κ1) is 30.1. The van der Waals surface area contributed by atoms with Crippen LogP contribution in [0.3, 0.4) is 0 Å². The Bertz CT molecular complexity index is 2170. The molecule has 0 saturated carbocycles. The smallest absolute Gasteiger partial charge is 0.338 e. The third-order valence-electron chi connectivity index (χ3n) is 6.54. The molecule has 1 atom stereocenters. The van der Waals surface area contributed by atoms with E-state index in [0.29, 0.717) is 57.4 Å². The zero-order valence-electron chi connectivity index (χ0n) is 23.2. The van der Waals surface area contributed by atoms with Gasteiger partial charge in [-0.25, -0.2) is 14.8 Å². The number of carbonyl (C=O) groups excluding carboxylic acids is 1. The molecule has 0 amide bonds. The number of fused-ring (bicyclic) bond motifs is 1. The fourth-order valence-corrected chi connectivity index (χ4v) is 7.20. The molecule has 13 heteroatoms. The third-order valence-corrected chi connectivity index (χ3v) is 9.51. The molecule has 44 heavy (non-hydrogen) atoms. The van der Waals surface area contributed by atoms with Gasteiger partial charge in [0.2, 0.25) is 0 Å². The number of hydrogen-bond donors (Lipinski definition) is 1. The molecule has 0 bridgehead atoms. The lowest BCUT2D eigenvalue weighted by Crippen LogP contribution is -2.40. The number of furan rings is 1. The van der Waals surface area contributed by atoms with Crippen molar-refractivity contribution in [1.29, 1.82) is 0 Å². The standard InChI is InChI=1S/C31H22BrClN4O5S2/c1-3-41-28(40)24-25(17-7-5-4-6-8-17)36-31-37(26(24)18-9-11-19(33)12-10-18)27(39)22(43-31)15-20-14-21(32)29(42-20)44-30-34-16(2)13-23(38)35-30/h4-15,26H,3H2,1-2H3,(H,34,35,38)/b22-15+/t26-/m1/s1. The van der Waals surface area contributed by atoms with Crippen LogP contribution in [0.1, 0.15) is 35.5 Å². The van der Waals surface area contributed by atoms with E-state index in [-0.39, 0.29) is 23.3 Å². The van der Waals surface area contributed by atoms with Crippen LogP contribution in [0.15, 0.2) is 106 Å². The molecule has 0 unspecified atom stereocenters. The number of hydrogen-bond acceptors (Lipinski definition) is 9. The van der Waals surface area contributed by atoms with Crippen molar-refractivity contribution in [3.05, 3.63) is 134 Å². The summed E-state index contributed by atoms with van der Waals surface area (Å²) < 4.78 is 14.0. The fraction of sp³-hybridized carbons (Fsp3) is 0.129. The summed E-state index contributed by atoms with van der Waals surface area (Å²) in [6, 6.07) is 18.6. The number of benzene rings is 2. The highest BCUT2D eigenvalue weighted by molar-refractivity contribution is 9.10. The van der Waals surface area contributed by atoms with Gasteiger partial charge in [-0.1, -0.05) is 65.4 Å². The van der Waals surface area contributed by atoms with E-state index in [0.717, 1.165) is 11.8 Å². The zero-order valence-corrected chi connectivity index (χ0v) is 27.1. The number of rotatable bonds is 7. The second-order valence-corrected chi connectivity index (χ2v) is 12.8. The summed E-state index contributed by atoms with van der Waals surface area (Å²) in [6.45, 7) is 3.62. The number of nitrogens with one attached hydrogen (secondary N) is 1. The summed E-state index contributed by atoms with van der Waals surface area (Å²) in [5.41, 5.74) is 2.02. The van der Waals surface area contributed by atoms with Gasteiger partial charge in [-0.05, 0) is 65.3 Å². The highest BCUT2D eigenvalue weighted by atomic mass is 79.9. The van der Waals surface area contributed by atoms with Crippen LogP contribution >= 0.6 is 50.6 Å². The number of esters is 1. The van der Waals surface area contributed by atoms with Crippen LogP contribution in [0.25, 0.3) is 11.8 Å². The number of nitrogens with zero attached hydrogens (tertiary/aromatic N) is 3. The number of carbonyl (C=O) groups is 1. The van der Waals surface area contributed by atoms with E-state index in [1.165, 1.54) is 22.0 Å². The average molecular weight is 710 g/mol. The minimum atomic E-state index is -0.821. The van der Waals surface area contributed by atoms with Gasteiger partial charge in [0.05, 0.1) is 32.9 Å². The van der Waals surface area contributed by atoms with E-state index < -0.39 is 12.0 Å². The van der Waals surface area contributed by atoms with Gasteiger partial charge in [-0.2, -0.15) is 0 Å². The molecule has 0 fully saturated rings. The molecule has 1 aliphatic heterocycles. The van der Waals surface area contributed by atoms with E-state index in [9.17, 15) is 14.4 Å². The Hall–Kier alpha value is -3.97. The van der Waals surface area contributed by atoms with E-state index in [4.69, 9.17) is 25.7 Å². The summed E-state index contributed by atoms with van der Waals surface area (Å²) >= 11 is 12.0. The summed E-state index contributed by atoms with van der Waals surface area (Å²) in [7, 11) is 0. The minimum absolute atomic E-state index is 0.155. The van der Waals surface area contributed by atoms with Gasteiger partial charge in [0.25, 0.3) is 11.1 Å². The quantitative estimate of drug-likeness (QED) is 0.176. The summed E-state index contributed by atoms with van der Waals surface area (Å²) in [4.78, 5) is 51.8. The van der Waals surface area contributed by atoms with Gasteiger partial charge in [-0.15, -0.1) is 0 Å². The van der Waals surface area contributed by atoms with Crippen LogP contribution in [-0.2, 0) is 9.53 Å². The predicted molar refractivity (Wildman–Crippen MR) is 173 cm³/mol. The van der Waals surface area contributed by atoms with Crippen LogP contribution in [0, 0.1) is 6.92 Å². The van der Waals surface area contributed by atoms with Crippen molar-refractivity contribution in [1.82, 2.24) is 14.5 Å². The average Bonchev–Trinajstić information content (AvgIpc) is 3.49. The number of halogens is 2. The van der Waals surface area contributed by atoms with Gasteiger partial charge < -0.3 is 14.1 Å². The number of aromatic nitrogens is 3. The van der Waals surface area contributed by atoms with Crippen LogP contribution in [0.4, 0.5) is 0 Å². The Morgan fingerprint density at radius 1 is 1.18 bits per heavy atom. The molecule has 4 heterocycles. The molecule has 1 N–H and O–H groups in total. The number of ether oxygens (including phenoxy) is 1. The first-order valence-corrected chi connectivity index (χ1v) is 16.1. The fourth-order valence-electron chi connectivity index (χ4n) is 4.73. The third kappa shape index (κ3) is 6.03. The van der Waals surface area contributed by atoms with Gasteiger partial charge in [0, 0.05) is 28.4 Å². The lowest BCUT2D eigenvalue weighted by Gasteiger charge is -2.25. The van der Waals surface area contributed by atoms with Crippen molar-refractivity contribution in [2.45, 2.75) is 30.1 Å². The number of aromatic amines is 1. The summed E-state index contributed by atoms with van der Waals surface area (Å²) in [5, 5.41) is 1.35. The maximum Gasteiger partial charge on any atom is 0.338 e. The predicted octanol–water partition coefficient (Wildman–Crippen LogP) is 5.49. The minimum Gasteiger partial charge on any atom is -0.463 e. The topological polar surface area (TPSA) is 120 Å². The monoisotopic (exact) mass is 708 g/mol. The van der Waals surface area contributed by atoms with Crippen LogP contribution in [0.2, 0.25) is 5.02 Å². The molecule has 0 spiro atoms. The SMILES string of the molecule is CCOC(=O)C1=C(c2ccccc2)N=c2s/c(=C/c3cc(Br)c(Sc4nc(C)cc(=O)[nH]4)o3)c(=O)n2[C@@H]1c1ccc(Cl)cc1. The maximum atomic E-state index is 14.1. The Kier molecular flexibility index (Phi) is 8.59. The summed E-state index contributed by atoms with van der Waals surface area (Å²) in [6.07, 6.45) is 1.63. The van der Waals surface area contributed by atoms with Gasteiger partial charge >= 0.3 is 5.97 Å². The lowest BCUT2D eigenvalue weighted by atomic mass is 9.93. The molecule has 3 aromatic heterocycles. The maximum absolute atomic E-state index is 14.1. The molecule has 222 valence electrons. The van der Waals surface area contributed by atoms with Crippen molar-refractivity contribution >= 4 is 68.4 Å². The molecular formula is C31H22BrClN4O5S2. The number of thiazole rings is 1. The first-order valence-electron chi connectivity index (χ1n) is 13.3. The van der Waals surface area contributed by atoms with Gasteiger partial charge in [0.15, 0.2) is 15.1 Å². The van der Waals surface area contributed by atoms with E-state index in [2.05, 4.69) is 25.9 Å². The van der Waals surface area contributed by atoms with Crippen LogP contribution in [0.5, 0.6) is 0 Å². The molecule has 0 aliphatic carbocycles. The zero-order chi connectivity index (χ0) is 31.0. The molecule has 6 rings (SSSR count). The van der Waals surface area contributed by atoms with Crippen LogP contribution < -0.4 is 20.5 Å². The van der Waals surface area contributed by atoms with Crippen molar-refractivity contribution in [3.8, 4) is 0 Å². The molecule has 9 nitrogen and oxygen atoms in total. The van der Waals surface area contributed by atoms with Crippen molar-refractivity contribution < 1.29 is 13.9 Å². The summed E-state index contributed by atoms with van der Waals surface area (Å²) in [5.74, 6) is -0.167. The van der Waals surface area contributed by atoms with Crippen molar-refractivity contribution in [2.75, 3.05) is 6.61 Å². The highest BCUT2D eigenvalue weighted by Crippen LogP contribution is 2.36. The Balaban J connectivity index is 1.52. The van der Waals surface area contributed by atoms with Crippen molar-refractivity contribution in [2.24, 2.45) is 4.99 Å². The molecule has 5 aromatic rings. The van der Waals surface area contributed by atoms with Gasteiger partial charge in [0.1, 0.15) is 5.76 Å². The second-order valence-electron chi connectivity index (χ2n) is 9.56. The lowest BCUT2D eigenvalue weighted by molar-refractivity contribution is -0.138. The molecule has 0 saturated heterocycles. The Morgan fingerprint density at radius 2 is 1.93 bits per heavy atom. The van der Waals surface area contributed by atoms with E-state index in [1.807, 2.05) is 30.3 Å². The Morgan fingerprint density at radius 3 is 2.64 bits per heavy atom. The second kappa shape index (κ2) is 12.6. The first-order chi connectivity index (χ1) is 21.2. The molecule has 0 radical (unpaired) electrons. The van der Waals surface area contributed by atoms with E-state index in [1.54, 1.807) is 50.3 Å². The molecule has 2 aromatic carbocycles. The largest absolute Gasteiger partial charge is 0.463 e. The molecular weight excluding hydrogens is 688 g/mol. The van der Waals surface area contributed by atoms with Crippen molar-refractivity contribution in [3.63, 3.8) is 0 Å². The normalized spacial score (nSPS) is 14.8. The number of H-pyrrole nitrogens is 1. The van der Waals surface area contributed by atoms with E-state index >= 15 is 0 Å². The van der Waals surface area contributed by atoms with Crippen LogP contribution in [-0.4, -0.2) is 27.1 Å². The molecule has 1 aliphatic rings. The Labute approximate surface area is 271 Å². The van der Waals surface area contributed by atoms with Gasteiger partial charge in [-0.3, -0.25) is 14.2 Å².